The number of nitrogens with zero attached hydrogens (tertiary/aromatic N) is 1. The van der Waals surface area contributed by atoms with E-state index in [1.54, 1.807) is 18.7 Å². The van der Waals surface area contributed by atoms with Gasteiger partial charge in [-0.15, -0.1) is 0 Å². The van der Waals surface area contributed by atoms with Crippen LogP contribution in [0.15, 0.2) is 0 Å². The van der Waals surface area contributed by atoms with E-state index >= 15 is 0 Å². The molecule has 0 aliphatic heterocycles. The number of likely N-dealkylation sites (N-methyl/N-ethyl adjacent to an activating group) is 1. The first-order valence-corrected chi connectivity index (χ1v) is 11.1. The van der Waals surface area contributed by atoms with E-state index in [2.05, 4.69) is 12.6 Å². The molecule has 0 heterocycles. The minimum absolute atomic E-state index is 0.0757. The number of ether oxygens (including phenoxy) is 1. The third-order valence-electron chi connectivity index (χ3n) is 2.82. The number of quaternary nitrogens is 1. The summed E-state index contributed by atoms with van der Waals surface area (Å²) >= 11 is 5.81. The summed E-state index contributed by atoms with van der Waals surface area (Å²) in [5, 5.41) is 0. The van der Waals surface area contributed by atoms with Crippen molar-refractivity contribution in [3.05, 3.63) is 0 Å². The average Bonchev–Trinajstić information content (AvgIpc) is 2.46. The van der Waals surface area contributed by atoms with Crippen LogP contribution < -0.4 is 0 Å². The predicted octanol–water partition coefficient (Wildman–Crippen LogP) is 2.06. The summed E-state index contributed by atoms with van der Waals surface area (Å²) in [5.41, 5.74) is 0. The maximum Gasteiger partial charge on any atom is 0.472 e. The van der Waals surface area contributed by atoms with Gasteiger partial charge >= 0.3 is 13.8 Å². The van der Waals surface area contributed by atoms with Crippen molar-refractivity contribution < 1.29 is 32.5 Å². The van der Waals surface area contributed by atoms with E-state index in [1.165, 1.54) is 0 Å². The lowest BCUT2D eigenvalue weighted by Gasteiger charge is -2.24. The van der Waals surface area contributed by atoms with Crippen LogP contribution in [0.25, 0.3) is 0 Å². The SMILES string of the molecule is CC(CSCCCS)C(=O)OCCOP(=O)(O)OCC[N+](C)(C)C. The van der Waals surface area contributed by atoms with Gasteiger partial charge in [0.2, 0.25) is 0 Å². The summed E-state index contributed by atoms with van der Waals surface area (Å²) in [6.45, 7) is 2.22. The number of phosphoric acid groups is 1. The molecule has 2 unspecified atom stereocenters. The number of phosphoric ester groups is 1. The molecule has 10 heteroatoms. The lowest BCUT2D eigenvalue weighted by molar-refractivity contribution is -0.870. The van der Waals surface area contributed by atoms with Crippen molar-refractivity contribution in [2.24, 2.45) is 5.92 Å². The van der Waals surface area contributed by atoms with E-state index in [0.29, 0.717) is 16.8 Å². The Hall–Kier alpha value is 0.240. The fourth-order valence-electron chi connectivity index (χ4n) is 1.40. The molecule has 0 rings (SSSR count). The van der Waals surface area contributed by atoms with Gasteiger partial charge in [0.1, 0.15) is 19.8 Å². The highest BCUT2D eigenvalue weighted by atomic mass is 32.2. The molecule has 7 nitrogen and oxygen atoms in total. The summed E-state index contributed by atoms with van der Waals surface area (Å²) in [5.74, 6) is 1.91. The van der Waals surface area contributed by atoms with Crippen LogP contribution in [0.3, 0.4) is 0 Å². The minimum Gasteiger partial charge on any atom is -0.463 e. The van der Waals surface area contributed by atoms with Crippen LogP contribution in [0.1, 0.15) is 13.3 Å². The summed E-state index contributed by atoms with van der Waals surface area (Å²) in [4.78, 5) is 21.2. The van der Waals surface area contributed by atoms with Crippen molar-refractivity contribution in [1.29, 1.82) is 0 Å². The van der Waals surface area contributed by atoms with Gasteiger partial charge in [0.05, 0.1) is 33.7 Å². The van der Waals surface area contributed by atoms with Gasteiger partial charge in [-0.05, 0) is 17.9 Å². The Labute approximate surface area is 155 Å². The highest BCUT2D eigenvalue weighted by molar-refractivity contribution is 7.99. The lowest BCUT2D eigenvalue weighted by Crippen LogP contribution is -2.37. The molecule has 0 amide bonds. The van der Waals surface area contributed by atoms with Gasteiger partial charge in [0.15, 0.2) is 0 Å². The smallest absolute Gasteiger partial charge is 0.463 e. The van der Waals surface area contributed by atoms with Crippen LogP contribution in [0.2, 0.25) is 0 Å². The summed E-state index contributed by atoms with van der Waals surface area (Å²) in [7, 11) is 1.74. The molecule has 1 N–H and O–H groups in total. The second-order valence-corrected chi connectivity index (χ2v) is 9.42. The van der Waals surface area contributed by atoms with Crippen molar-refractivity contribution in [2.45, 2.75) is 13.3 Å². The molecule has 0 saturated carbocycles. The van der Waals surface area contributed by atoms with E-state index in [1.807, 2.05) is 21.1 Å². The van der Waals surface area contributed by atoms with E-state index in [4.69, 9.17) is 13.8 Å². The van der Waals surface area contributed by atoms with E-state index in [0.717, 1.165) is 17.9 Å². The van der Waals surface area contributed by atoms with Crippen molar-refractivity contribution >= 4 is 38.2 Å². The molecule has 144 valence electrons. The second-order valence-electron chi connectivity index (χ2n) is 6.37. The fraction of sp³-hybridized carbons (Fsp3) is 0.929. The molecule has 24 heavy (non-hydrogen) atoms. The van der Waals surface area contributed by atoms with E-state index < -0.39 is 7.82 Å². The van der Waals surface area contributed by atoms with E-state index in [-0.39, 0.29) is 31.7 Å². The average molecular weight is 405 g/mol. The molecule has 0 radical (unpaired) electrons. The Kier molecular flexibility index (Phi) is 12.7. The number of rotatable bonds is 14. The molecule has 0 saturated heterocycles. The summed E-state index contributed by atoms with van der Waals surface area (Å²) in [6.07, 6.45) is 1.00. The second kappa shape index (κ2) is 12.6. The number of carbonyl (C=O) groups is 1. The quantitative estimate of drug-likeness (QED) is 0.151. The van der Waals surface area contributed by atoms with Crippen LogP contribution in [0.4, 0.5) is 0 Å². The van der Waals surface area contributed by atoms with Gasteiger partial charge < -0.3 is 14.1 Å². The minimum atomic E-state index is -4.10. The largest absolute Gasteiger partial charge is 0.472 e. The first kappa shape index (κ1) is 24.2. The van der Waals surface area contributed by atoms with Gasteiger partial charge in [-0.2, -0.15) is 24.4 Å². The number of esters is 1. The highest BCUT2D eigenvalue weighted by Crippen LogP contribution is 2.42. The first-order valence-electron chi connectivity index (χ1n) is 7.85. The lowest BCUT2D eigenvalue weighted by atomic mass is 10.2. The molecular formula is C14H31NO6PS2+. The van der Waals surface area contributed by atoms with Crippen molar-refractivity contribution in [1.82, 2.24) is 0 Å². The number of hydrogen-bond acceptors (Lipinski definition) is 7. The fourth-order valence-corrected chi connectivity index (χ4v) is 3.47. The number of thioether (sulfide) groups is 1. The van der Waals surface area contributed by atoms with Gasteiger partial charge in [0.25, 0.3) is 0 Å². The standard InChI is InChI=1S/C14H30NO6PS2/c1-13(12-24-11-5-10-23)14(16)19-8-9-21-22(17,18)20-7-6-15(2,3)4/h13H,5-12H2,1-4H3,(H-,17,18,23)/p+1. The highest BCUT2D eigenvalue weighted by Gasteiger charge is 2.23. The molecule has 0 aliphatic carbocycles. The van der Waals surface area contributed by atoms with Crippen LogP contribution >= 0.6 is 32.2 Å². The third-order valence-corrected chi connectivity index (χ3v) is 5.46. The van der Waals surface area contributed by atoms with Crippen molar-refractivity contribution in [3.63, 3.8) is 0 Å². The molecule has 0 aromatic rings. The van der Waals surface area contributed by atoms with Crippen LogP contribution in [-0.4, -0.2) is 80.1 Å². The molecule has 0 aromatic heterocycles. The topological polar surface area (TPSA) is 82.1 Å². The van der Waals surface area contributed by atoms with Crippen molar-refractivity contribution in [3.8, 4) is 0 Å². The van der Waals surface area contributed by atoms with Gasteiger partial charge in [-0.25, -0.2) is 4.57 Å². The van der Waals surface area contributed by atoms with Crippen LogP contribution in [0, 0.1) is 5.92 Å². The van der Waals surface area contributed by atoms with Gasteiger partial charge in [-0.3, -0.25) is 13.8 Å². The maximum atomic E-state index is 11.7. The Balaban J connectivity index is 3.82. The Morgan fingerprint density at radius 3 is 2.46 bits per heavy atom. The molecule has 0 aromatic carbocycles. The number of hydrogen-bond donors (Lipinski definition) is 2. The maximum absolute atomic E-state index is 11.7. The Morgan fingerprint density at radius 2 is 1.88 bits per heavy atom. The number of thiol groups is 1. The van der Waals surface area contributed by atoms with Crippen LogP contribution in [-0.2, 0) is 23.1 Å². The zero-order valence-corrected chi connectivity index (χ0v) is 17.6. The molecular weight excluding hydrogens is 373 g/mol. The van der Waals surface area contributed by atoms with Crippen LogP contribution in [0.5, 0.6) is 0 Å². The predicted molar refractivity (Wildman–Crippen MR) is 101 cm³/mol. The molecule has 2 atom stereocenters. The molecule has 0 aliphatic rings. The Bertz CT molecular complexity index is 405. The van der Waals surface area contributed by atoms with Gasteiger partial charge in [-0.1, -0.05) is 6.92 Å². The normalized spacial score (nSPS) is 15.8. The monoisotopic (exact) mass is 404 g/mol. The Morgan fingerprint density at radius 1 is 1.25 bits per heavy atom. The first-order chi connectivity index (χ1) is 11.1. The summed E-state index contributed by atoms with van der Waals surface area (Å²) < 4.78 is 26.9. The molecule has 0 bridgehead atoms. The summed E-state index contributed by atoms with van der Waals surface area (Å²) in [6, 6.07) is 0. The van der Waals surface area contributed by atoms with Crippen molar-refractivity contribution in [2.75, 3.05) is 64.8 Å². The van der Waals surface area contributed by atoms with E-state index in [9.17, 15) is 14.3 Å². The zero-order valence-electron chi connectivity index (χ0n) is 15.0. The van der Waals surface area contributed by atoms with Gasteiger partial charge in [0, 0.05) is 5.75 Å². The third kappa shape index (κ3) is 14.6. The number of carbonyl (C=O) groups excluding carboxylic acids is 1. The molecule has 0 spiro atoms. The zero-order chi connectivity index (χ0) is 18.6. The molecule has 0 fully saturated rings.